The van der Waals surface area contributed by atoms with Crippen LogP contribution in [0.2, 0.25) is 0 Å². The molecule has 3 atom stereocenters. The topological polar surface area (TPSA) is 62.2 Å². The Morgan fingerprint density at radius 3 is 2.41 bits per heavy atom. The molecule has 5 nitrogen and oxygen atoms in total. The largest absolute Gasteiger partial charge is 0.508 e. The molecule has 3 aromatic carbocycles. The number of rotatable bonds is 7. The van der Waals surface area contributed by atoms with Crippen LogP contribution < -0.4 is 9.47 Å². The fourth-order valence-corrected chi connectivity index (χ4v) is 5.40. The van der Waals surface area contributed by atoms with Crippen LogP contribution in [0.1, 0.15) is 56.4 Å². The van der Waals surface area contributed by atoms with E-state index in [9.17, 15) is 10.2 Å². The maximum atomic E-state index is 15.0. The first-order chi connectivity index (χ1) is 17.8. The van der Waals surface area contributed by atoms with Crippen molar-refractivity contribution in [2.45, 2.75) is 45.8 Å². The number of allylic oxidation sites excluding steroid dienone is 1. The molecule has 0 spiro atoms. The van der Waals surface area contributed by atoms with Crippen LogP contribution in [0.25, 0.3) is 11.1 Å². The summed E-state index contributed by atoms with van der Waals surface area (Å²) in [5.74, 6) is 1.54. The maximum Gasteiger partial charge on any atom is 0.150 e. The van der Waals surface area contributed by atoms with Gasteiger partial charge in [-0.1, -0.05) is 25.5 Å². The Balaban J connectivity index is 1.40. The lowest BCUT2D eigenvalue weighted by Gasteiger charge is -2.31. The van der Waals surface area contributed by atoms with Crippen LogP contribution >= 0.6 is 0 Å². The third kappa shape index (κ3) is 5.16. The summed E-state index contributed by atoms with van der Waals surface area (Å²) in [5, 5.41) is 19.8. The van der Waals surface area contributed by atoms with E-state index >= 15 is 4.39 Å². The van der Waals surface area contributed by atoms with Crippen LogP contribution in [0.4, 0.5) is 4.39 Å². The van der Waals surface area contributed by atoms with Gasteiger partial charge in [0.25, 0.3) is 0 Å². The lowest BCUT2D eigenvalue weighted by atomic mass is 9.86. The summed E-state index contributed by atoms with van der Waals surface area (Å²) >= 11 is 0. The van der Waals surface area contributed by atoms with E-state index in [0.29, 0.717) is 29.5 Å². The second-order valence-electron chi connectivity index (χ2n) is 10.2. The summed E-state index contributed by atoms with van der Waals surface area (Å²) in [5.41, 5.74) is 3.52. The second kappa shape index (κ2) is 10.5. The number of hydrogen-bond acceptors (Lipinski definition) is 5. The van der Waals surface area contributed by atoms with E-state index in [-0.39, 0.29) is 11.5 Å². The molecule has 2 aliphatic heterocycles. The van der Waals surface area contributed by atoms with Gasteiger partial charge in [-0.25, -0.2) is 4.39 Å². The highest BCUT2D eigenvalue weighted by atomic mass is 19.1. The van der Waals surface area contributed by atoms with Gasteiger partial charge in [-0.3, -0.25) is 4.90 Å². The number of aromatic hydroxyl groups is 2. The normalized spacial score (nSPS) is 20.4. The minimum Gasteiger partial charge on any atom is -0.508 e. The minimum absolute atomic E-state index is 0.102. The average Bonchev–Trinajstić information content (AvgIpc) is 3.38. The number of phenolic OH excluding ortho intramolecular Hbond substituents is 2. The SMILES string of the molecule is CC[C@@H]1CCN([C@@H](C)COc2ccc(C3Oc4cc(O)ccc4C(C)=C3c3ccc(O)cc3F)cc2)C1. The summed E-state index contributed by atoms with van der Waals surface area (Å²) in [6.45, 7) is 9.27. The molecule has 1 fully saturated rings. The number of hydrogen-bond donors (Lipinski definition) is 2. The Morgan fingerprint density at radius 1 is 1.03 bits per heavy atom. The monoisotopic (exact) mass is 503 g/mol. The predicted molar refractivity (Wildman–Crippen MR) is 143 cm³/mol. The molecule has 2 aliphatic rings. The number of nitrogens with zero attached hydrogens (tertiary/aromatic N) is 1. The third-order valence-electron chi connectivity index (χ3n) is 7.72. The maximum absolute atomic E-state index is 15.0. The molecule has 0 aliphatic carbocycles. The van der Waals surface area contributed by atoms with Gasteiger partial charge in [0.15, 0.2) is 0 Å². The first kappa shape index (κ1) is 25.2. The first-order valence-corrected chi connectivity index (χ1v) is 13.0. The molecule has 1 unspecified atom stereocenters. The molecule has 2 heterocycles. The molecular weight excluding hydrogens is 469 g/mol. The van der Waals surface area contributed by atoms with Gasteiger partial charge in [0.05, 0.1) is 0 Å². The number of ether oxygens (including phenoxy) is 2. The fourth-order valence-electron chi connectivity index (χ4n) is 5.40. The van der Waals surface area contributed by atoms with Crippen LogP contribution in [0.15, 0.2) is 60.7 Å². The second-order valence-corrected chi connectivity index (χ2v) is 10.2. The molecule has 0 bridgehead atoms. The van der Waals surface area contributed by atoms with E-state index < -0.39 is 11.9 Å². The zero-order valence-corrected chi connectivity index (χ0v) is 21.6. The van der Waals surface area contributed by atoms with Gasteiger partial charge in [0, 0.05) is 41.4 Å². The zero-order chi connectivity index (χ0) is 26.1. The first-order valence-electron chi connectivity index (χ1n) is 13.0. The zero-order valence-electron chi connectivity index (χ0n) is 21.6. The molecule has 5 rings (SSSR count). The number of phenols is 2. The Labute approximate surface area is 217 Å². The Bertz CT molecular complexity index is 1300. The van der Waals surface area contributed by atoms with E-state index in [1.807, 2.05) is 31.2 Å². The van der Waals surface area contributed by atoms with Crippen LogP contribution in [-0.2, 0) is 0 Å². The quantitative estimate of drug-likeness (QED) is 0.371. The van der Waals surface area contributed by atoms with Gasteiger partial charge >= 0.3 is 0 Å². The summed E-state index contributed by atoms with van der Waals surface area (Å²) < 4.78 is 27.5. The average molecular weight is 504 g/mol. The predicted octanol–water partition coefficient (Wildman–Crippen LogP) is 6.80. The number of halogens is 1. The number of benzene rings is 3. The highest BCUT2D eigenvalue weighted by Gasteiger charge is 2.31. The molecule has 0 saturated carbocycles. The fraction of sp³-hybridized carbons (Fsp3) is 0.355. The van der Waals surface area contributed by atoms with E-state index in [0.717, 1.165) is 47.5 Å². The van der Waals surface area contributed by atoms with Gasteiger partial charge in [-0.05, 0) is 80.3 Å². The Kier molecular flexibility index (Phi) is 7.11. The highest BCUT2D eigenvalue weighted by Crippen LogP contribution is 2.48. The summed E-state index contributed by atoms with van der Waals surface area (Å²) in [7, 11) is 0. The van der Waals surface area contributed by atoms with Gasteiger partial charge < -0.3 is 19.7 Å². The Hall–Kier alpha value is -3.51. The van der Waals surface area contributed by atoms with Gasteiger partial charge in [-0.15, -0.1) is 0 Å². The lowest BCUT2D eigenvalue weighted by Crippen LogP contribution is -2.35. The van der Waals surface area contributed by atoms with Crippen molar-refractivity contribution < 1.29 is 24.1 Å². The molecule has 0 aromatic heterocycles. The van der Waals surface area contributed by atoms with Crippen LogP contribution in [0, 0.1) is 11.7 Å². The van der Waals surface area contributed by atoms with Crippen molar-refractivity contribution in [3.05, 3.63) is 83.2 Å². The summed E-state index contributed by atoms with van der Waals surface area (Å²) in [6, 6.07) is 17.2. The molecule has 6 heteroatoms. The molecule has 1 saturated heterocycles. The third-order valence-corrected chi connectivity index (χ3v) is 7.72. The number of fused-ring (bicyclic) bond motifs is 1. The minimum atomic E-state index is -0.600. The lowest BCUT2D eigenvalue weighted by molar-refractivity contribution is 0.168. The summed E-state index contributed by atoms with van der Waals surface area (Å²) in [4.78, 5) is 2.50. The van der Waals surface area contributed by atoms with Crippen molar-refractivity contribution in [3.8, 4) is 23.0 Å². The van der Waals surface area contributed by atoms with Crippen molar-refractivity contribution in [3.63, 3.8) is 0 Å². The molecule has 0 amide bonds. The molecule has 0 radical (unpaired) electrons. The molecule has 2 N–H and O–H groups in total. The van der Waals surface area contributed by atoms with E-state index in [4.69, 9.17) is 9.47 Å². The van der Waals surface area contributed by atoms with Gasteiger partial charge in [-0.2, -0.15) is 0 Å². The molecule has 3 aromatic rings. The standard InChI is InChI=1S/C31H34FNO4/c1-4-21-13-14-33(17-21)19(2)18-36-25-9-5-22(6-10-25)31-30(27-12-8-23(34)15-28(27)32)20(3)26-11-7-24(35)16-29(26)37-31/h5-12,15-16,19,21,31,34-35H,4,13-14,17-18H2,1-3H3/t19-,21+,31?/m0/s1. The smallest absolute Gasteiger partial charge is 0.150 e. The van der Waals surface area contributed by atoms with Crippen LogP contribution in [-0.4, -0.2) is 40.9 Å². The highest BCUT2D eigenvalue weighted by molar-refractivity contribution is 5.95. The summed E-state index contributed by atoms with van der Waals surface area (Å²) in [6.07, 6.45) is 1.88. The Morgan fingerprint density at radius 2 is 1.73 bits per heavy atom. The van der Waals surface area contributed by atoms with Crippen molar-refractivity contribution in [1.82, 2.24) is 4.90 Å². The molecular formula is C31H34FNO4. The molecule has 37 heavy (non-hydrogen) atoms. The molecule has 194 valence electrons. The van der Waals surface area contributed by atoms with Gasteiger partial charge in [0.1, 0.15) is 41.5 Å². The van der Waals surface area contributed by atoms with E-state index in [2.05, 4.69) is 18.7 Å². The van der Waals surface area contributed by atoms with Crippen molar-refractivity contribution in [1.29, 1.82) is 0 Å². The van der Waals surface area contributed by atoms with Crippen molar-refractivity contribution in [2.75, 3.05) is 19.7 Å². The van der Waals surface area contributed by atoms with E-state index in [1.54, 1.807) is 24.3 Å². The number of likely N-dealkylation sites (tertiary alicyclic amines) is 1. The van der Waals surface area contributed by atoms with Crippen molar-refractivity contribution >= 4 is 11.1 Å². The van der Waals surface area contributed by atoms with Crippen molar-refractivity contribution in [2.24, 2.45) is 5.92 Å². The van der Waals surface area contributed by atoms with E-state index in [1.165, 1.54) is 18.9 Å². The van der Waals surface area contributed by atoms with Crippen LogP contribution in [0.3, 0.4) is 0 Å². The van der Waals surface area contributed by atoms with Gasteiger partial charge in [0.2, 0.25) is 0 Å². The van der Waals surface area contributed by atoms with Crippen LogP contribution in [0.5, 0.6) is 23.0 Å².